The summed E-state index contributed by atoms with van der Waals surface area (Å²) in [6.45, 7) is 0. The molecule has 0 amide bonds. The topological polar surface area (TPSA) is 66.9 Å². The molecule has 0 aliphatic carbocycles. The maximum Gasteiger partial charge on any atom is 0.269 e. The Kier molecular flexibility index (Phi) is 4.61. The molecule has 0 aliphatic rings. The zero-order valence-corrected chi connectivity index (χ0v) is 11.8. The summed E-state index contributed by atoms with van der Waals surface area (Å²) in [6, 6.07) is 13.6. The highest BCUT2D eigenvalue weighted by Crippen LogP contribution is 2.28. The number of nitriles is 1. The summed E-state index contributed by atoms with van der Waals surface area (Å²) in [7, 11) is 0. The van der Waals surface area contributed by atoms with Crippen molar-refractivity contribution in [2.24, 2.45) is 0 Å². The van der Waals surface area contributed by atoms with Gasteiger partial charge in [-0.3, -0.25) is 10.1 Å². The highest BCUT2D eigenvalue weighted by Gasteiger charge is 2.06. The molecule has 6 heteroatoms. The number of nitro benzene ring substituents is 1. The van der Waals surface area contributed by atoms with Gasteiger partial charge < -0.3 is 0 Å². The zero-order chi connectivity index (χ0) is 14.5. The second-order valence-corrected chi connectivity index (χ2v) is 5.41. The zero-order valence-electron chi connectivity index (χ0n) is 10.2. The van der Waals surface area contributed by atoms with Crippen LogP contribution in [0.5, 0.6) is 0 Å². The van der Waals surface area contributed by atoms with Crippen molar-refractivity contribution >= 4 is 29.1 Å². The first kappa shape index (κ1) is 14.4. The molecule has 2 rings (SSSR count). The molecule has 0 aromatic heterocycles. The van der Waals surface area contributed by atoms with Crippen LogP contribution in [0.2, 0.25) is 5.02 Å². The van der Waals surface area contributed by atoms with Crippen molar-refractivity contribution in [3.8, 4) is 6.07 Å². The summed E-state index contributed by atoms with van der Waals surface area (Å²) < 4.78 is 0. The third kappa shape index (κ3) is 3.50. The lowest BCUT2D eigenvalue weighted by molar-refractivity contribution is -0.384. The van der Waals surface area contributed by atoms with Crippen LogP contribution in [0.3, 0.4) is 0 Å². The predicted octanol–water partition coefficient (Wildman–Crippen LogP) is 4.41. The lowest BCUT2D eigenvalue weighted by Crippen LogP contribution is -1.87. The fraction of sp³-hybridized carbons (Fsp3) is 0.0714. The van der Waals surface area contributed by atoms with Crippen LogP contribution in [0.15, 0.2) is 47.4 Å². The van der Waals surface area contributed by atoms with Crippen LogP contribution in [-0.4, -0.2) is 4.92 Å². The van der Waals surface area contributed by atoms with E-state index >= 15 is 0 Å². The second-order valence-electron chi connectivity index (χ2n) is 3.96. The summed E-state index contributed by atoms with van der Waals surface area (Å²) in [5.41, 5.74) is 1.53. The summed E-state index contributed by atoms with van der Waals surface area (Å²) in [6.07, 6.45) is 0. The van der Waals surface area contributed by atoms with E-state index in [1.54, 1.807) is 24.3 Å². The standard InChI is InChI=1S/C14H9ClN2O2S/c15-14-7-10(8-16)1-2-11(14)9-20-13-5-3-12(4-6-13)17(18)19/h1-7H,9H2. The Morgan fingerprint density at radius 1 is 1.25 bits per heavy atom. The van der Waals surface area contributed by atoms with Crippen molar-refractivity contribution in [2.45, 2.75) is 10.6 Å². The molecular weight excluding hydrogens is 296 g/mol. The number of thioether (sulfide) groups is 1. The molecule has 0 aliphatic heterocycles. The number of halogens is 1. The number of nitro groups is 1. The maximum absolute atomic E-state index is 10.6. The first-order chi connectivity index (χ1) is 9.60. The average Bonchev–Trinajstić information content (AvgIpc) is 2.46. The number of hydrogen-bond acceptors (Lipinski definition) is 4. The van der Waals surface area contributed by atoms with Gasteiger partial charge in [0.2, 0.25) is 0 Å². The second kappa shape index (κ2) is 6.42. The van der Waals surface area contributed by atoms with Crippen LogP contribution < -0.4 is 0 Å². The van der Waals surface area contributed by atoms with E-state index in [0.717, 1.165) is 10.5 Å². The minimum atomic E-state index is -0.425. The molecule has 0 spiro atoms. The molecule has 0 radical (unpaired) electrons. The van der Waals surface area contributed by atoms with E-state index < -0.39 is 4.92 Å². The Hall–Kier alpha value is -2.03. The largest absolute Gasteiger partial charge is 0.269 e. The van der Waals surface area contributed by atoms with Gasteiger partial charge in [0.05, 0.1) is 16.6 Å². The number of non-ortho nitro benzene ring substituents is 1. The summed E-state index contributed by atoms with van der Waals surface area (Å²) in [5, 5.41) is 19.9. The third-order valence-corrected chi connectivity index (χ3v) is 4.04. The molecule has 0 fully saturated rings. The van der Waals surface area contributed by atoms with Gasteiger partial charge in [0.1, 0.15) is 0 Å². The van der Waals surface area contributed by atoms with E-state index in [1.807, 2.05) is 12.1 Å². The van der Waals surface area contributed by atoms with Crippen LogP contribution in [0.25, 0.3) is 0 Å². The van der Waals surface area contributed by atoms with Crippen molar-refractivity contribution in [2.75, 3.05) is 0 Å². The molecule has 4 nitrogen and oxygen atoms in total. The van der Waals surface area contributed by atoms with Gasteiger partial charge >= 0.3 is 0 Å². The summed E-state index contributed by atoms with van der Waals surface area (Å²) in [5.74, 6) is 0.641. The Labute approximate surface area is 125 Å². The van der Waals surface area contributed by atoms with Crippen LogP contribution in [0, 0.1) is 21.4 Å². The summed E-state index contributed by atoms with van der Waals surface area (Å²) >= 11 is 7.62. The Bertz CT molecular complexity index is 681. The lowest BCUT2D eigenvalue weighted by Gasteiger charge is -2.04. The molecule has 0 saturated heterocycles. The molecule has 0 unspecified atom stereocenters. The average molecular weight is 305 g/mol. The highest BCUT2D eigenvalue weighted by atomic mass is 35.5. The van der Waals surface area contributed by atoms with E-state index in [4.69, 9.17) is 16.9 Å². The predicted molar refractivity (Wildman–Crippen MR) is 78.8 cm³/mol. The van der Waals surface area contributed by atoms with Gasteiger partial charge in [-0.1, -0.05) is 17.7 Å². The van der Waals surface area contributed by atoms with Crippen LogP contribution in [0.4, 0.5) is 5.69 Å². The van der Waals surface area contributed by atoms with Gasteiger partial charge in [0, 0.05) is 27.8 Å². The van der Waals surface area contributed by atoms with E-state index in [0.29, 0.717) is 16.3 Å². The molecule has 0 saturated carbocycles. The highest BCUT2D eigenvalue weighted by molar-refractivity contribution is 7.98. The van der Waals surface area contributed by atoms with Gasteiger partial charge in [-0.15, -0.1) is 11.8 Å². The van der Waals surface area contributed by atoms with E-state index in [-0.39, 0.29) is 5.69 Å². The van der Waals surface area contributed by atoms with Gasteiger partial charge in [-0.25, -0.2) is 0 Å². The van der Waals surface area contributed by atoms with Gasteiger partial charge in [0.15, 0.2) is 0 Å². The number of hydrogen-bond donors (Lipinski definition) is 0. The molecule has 0 heterocycles. The first-order valence-corrected chi connectivity index (χ1v) is 7.02. The van der Waals surface area contributed by atoms with E-state index in [2.05, 4.69) is 0 Å². The quantitative estimate of drug-likeness (QED) is 0.476. The van der Waals surface area contributed by atoms with Gasteiger partial charge in [0.25, 0.3) is 5.69 Å². The summed E-state index contributed by atoms with van der Waals surface area (Å²) in [4.78, 5) is 11.1. The van der Waals surface area contributed by atoms with Crippen molar-refractivity contribution in [1.29, 1.82) is 5.26 Å². The third-order valence-electron chi connectivity index (χ3n) is 2.62. The first-order valence-electron chi connectivity index (χ1n) is 5.66. The van der Waals surface area contributed by atoms with Crippen molar-refractivity contribution < 1.29 is 4.92 Å². The Morgan fingerprint density at radius 2 is 1.95 bits per heavy atom. The molecule has 2 aromatic carbocycles. The minimum Gasteiger partial charge on any atom is -0.258 e. The number of rotatable bonds is 4. The van der Waals surface area contributed by atoms with Crippen LogP contribution >= 0.6 is 23.4 Å². The molecule has 100 valence electrons. The van der Waals surface area contributed by atoms with Gasteiger partial charge in [-0.05, 0) is 29.8 Å². The van der Waals surface area contributed by atoms with Crippen LogP contribution in [0.1, 0.15) is 11.1 Å². The van der Waals surface area contributed by atoms with Crippen molar-refractivity contribution in [3.63, 3.8) is 0 Å². The minimum absolute atomic E-state index is 0.0748. The molecule has 0 N–H and O–H groups in total. The Balaban J connectivity index is 2.05. The Morgan fingerprint density at radius 3 is 2.50 bits per heavy atom. The monoisotopic (exact) mass is 304 g/mol. The molecule has 0 atom stereocenters. The molecular formula is C14H9ClN2O2S. The SMILES string of the molecule is N#Cc1ccc(CSc2ccc([N+](=O)[O-])cc2)c(Cl)c1. The maximum atomic E-state index is 10.6. The lowest BCUT2D eigenvalue weighted by atomic mass is 10.2. The molecule has 20 heavy (non-hydrogen) atoms. The molecule has 2 aromatic rings. The van der Waals surface area contributed by atoms with Gasteiger partial charge in [-0.2, -0.15) is 5.26 Å². The van der Waals surface area contributed by atoms with E-state index in [1.165, 1.54) is 23.9 Å². The number of nitrogens with zero attached hydrogens (tertiary/aromatic N) is 2. The molecule has 0 bridgehead atoms. The van der Waals surface area contributed by atoms with Crippen molar-refractivity contribution in [1.82, 2.24) is 0 Å². The fourth-order valence-corrected chi connectivity index (χ4v) is 2.79. The van der Waals surface area contributed by atoms with Crippen molar-refractivity contribution in [3.05, 3.63) is 68.7 Å². The fourth-order valence-electron chi connectivity index (χ4n) is 1.56. The smallest absolute Gasteiger partial charge is 0.258 e. The van der Waals surface area contributed by atoms with E-state index in [9.17, 15) is 10.1 Å². The van der Waals surface area contributed by atoms with Crippen LogP contribution in [-0.2, 0) is 5.75 Å². The number of benzene rings is 2. The normalized spacial score (nSPS) is 10.0.